The Labute approximate surface area is 159 Å². The first-order valence-electron chi connectivity index (χ1n) is 9.93. The third-order valence-electron chi connectivity index (χ3n) is 4.88. The van der Waals surface area contributed by atoms with Crippen molar-refractivity contribution < 1.29 is 0 Å². The molecule has 3 heteroatoms. The molecule has 0 radical (unpaired) electrons. The highest BCUT2D eigenvalue weighted by atomic mass is 15.0. The molecule has 3 N–H and O–H groups in total. The van der Waals surface area contributed by atoms with E-state index >= 15 is 0 Å². The molecule has 0 spiro atoms. The topological polar surface area (TPSA) is 36.1 Å². The first kappa shape index (κ1) is 20.3. The zero-order valence-electron chi connectivity index (χ0n) is 17.1. The summed E-state index contributed by atoms with van der Waals surface area (Å²) < 4.78 is 0. The summed E-state index contributed by atoms with van der Waals surface area (Å²) >= 11 is 0. The van der Waals surface area contributed by atoms with Gasteiger partial charge in [0, 0.05) is 37.6 Å². The van der Waals surface area contributed by atoms with E-state index in [-0.39, 0.29) is 0 Å². The summed E-state index contributed by atoms with van der Waals surface area (Å²) in [4.78, 5) is 0. The van der Waals surface area contributed by atoms with Crippen molar-refractivity contribution in [3.8, 4) is 0 Å². The molecule has 0 aliphatic heterocycles. The number of para-hydroxylation sites is 1. The van der Waals surface area contributed by atoms with Crippen LogP contribution in [0.15, 0.2) is 30.3 Å². The van der Waals surface area contributed by atoms with E-state index < -0.39 is 0 Å². The molecule has 0 saturated heterocycles. The van der Waals surface area contributed by atoms with Crippen molar-refractivity contribution in [1.82, 2.24) is 5.32 Å². The average Bonchev–Trinajstić information content (AvgIpc) is 2.62. The molecule has 3 nitrogen and oxygen atoms in total. The first-order valence-corrected chi connectivity index (χ1v) is 9.93. The minimum absolute atomic E-state index is 0.941. The van der Waals surface area contributed by atoms with Gasteiger partial charge in [0.05, 0.1) is 0 Å². The number of hydrogen-bond acceptors (Lipinski definition) is 3. The number of aryl methyl sites for hydroxylation is 5. The summed E-state index contributed by atoms with van der Waals surface area (Å²) in [7, 11) is 0. The van der Waals surface area contributed by atoms with Gasteiger partial charge in [0.1, 0.15) is 0 Å². The summed E-state index contributed by atoms with van der Waals surface area (Å²) in [5.41, 5.74) is 9.42. The van der Waals surface area contributed by atoms with Gasteiger partial charge in [-0.05, 0) is 55.9 Å². The number of anilines is 2. The van der Waals surface area contributed by atoms with E-state index in [4.69, 9.17) is 0 Å². The van der Waals surface area contributed by atoms with Gasteiger partial charge in [-0.3, -0.25) is 0 Å². The summed E-state index contributed by atoms with van der Waals surface area (Å²) in [6, 6.07) is 11.1. The quantitative estimate of drug-likeness (QED) is 0.534. The molecule has 0 fully saturated rings. The van der Waals surface area contributed by atoms with Crippen LogP contribution in [0.1, 0.15) is 41.7 Å². The molecule has 142 valence electrons. The van der Waals surface area contributed by atoms with E-state index in [1.165, 1.54) is 39.2 Å². The summed E-state index contributed by atoms with van der Waals surface area (Å²) in [5, 5.41) is 10.7. The Morgan fingerprint density at radius 3 is 1.69 bits per heavy atom. The molecule has 2 aromatic carbocycles. The van der Waals surface area contributed by atoms with E-state index in [0.717, 1.165) is 39.0 Å². The SMILES string of the molecule is CCc1cccc(CC)c1NCCNCCNc1c(C)cc(C)cc1C. The average molecular weight is 354 g/mol. The van der Waals surface area contributed by atoms with E-state index in [2.05, 4.69) is 80.9 Å². The third kappa shape index (κ3) is 5.50. The van der Waals surface area contributed by atoms with Gasteiger partial charge in [-0.15, -0.1) is 0 Å². The van der Waals surface area contributed by atoms with Crippen molar-refractivity contribution in [2.45, 2.75) is 47.5 Å². The summed E-state index contributed by atoms with van der Waals surface area (Å²) in [6.07, 6.45) is 2.14. The fraction of sp³-hybridized carbons (Fsp3) is 0.478. The lowest BCUT2D eigenvalue weighted by atomic mass is 10.0. The lowest BCUT2D eigenvalue weighted by Gasteiger charge is -2.16. The van der Waals surface area contributed by atoms with E-state index in [9.17, 15) is 0 Å². The Morgan fingerprint density at radius 2 is 1.19 bits per heavy atom. The zero-order chi connectivity index (χ0) is 18.9. The molecule has 0 aromatic heterocycles. The smallest absolute Gasteiger partial charge is 0.0405 e. The molecule has 0 unspecified atom stereocenters. The van der Waals surface area contributed by atoms with Gasteiger partial charge in [-0.1, -0.05) is 49.7 Å². The van der Waals surface area contributed by atoms with Gasteiger partial charge >= 0.3 is 0 Å². The fourth-order valence-corrected chi connectivity index (χ4v) is 3.61. The third-order valence-corrected chi connectivity index (χ3v) is 4.88. The van der Waals surface area contributed by atoms with Crippen LogP contribution in [0.4, 0.5) is 11.4 Å². The highest BCUT2D eigenvalue weighted by Crippen LogP contribution is 2.22. The van der Waals surface area contributed by atoms with Crippen LogP contribution >= 0.6 is 0 Å². The Balaban J connectivity index is 1.72. The molecule has 0 heterocycles. The fourth-order valence-electron chi connectivity index (χ4n) is 3.61. The van der Waals surface area contributed by atoms with E-state index in [1.54, 1.807) is 0 Å². The predicted molar refractivity (Wildman–Crippen MR) is 116 cm³/mol. The molecule has 26 heavy (non-hydrogen) atoms. The maximum absolute atomic E-state index is 3.63. The zero-order valence-corrected chi connectivity index (χ0v) is 17.1. The van der Waals surface area contributed by atoms with Gasteiger partial charge in [-0.2, -0.15) is 0 Å². The standard InChI is InChI=1S/C23H35N3/c1-6-20-9-8-10-21(7-2)23(20)26-14-12-24-11-13-25-22-18(4)15-17(3)16-19(22)5/h8-10,15-16,24-26H,6-7,11-14H2,1-5H3. The lowest BCUT2D eigenvalue weighted by molar-refractivity contribution is 0.718. The minimum atomic E-state index is 0.941. The molecule has 2 aromatic rings. The van der Waals surface area contributed by atoms with Gasteiger partial charge in [-0.25, -0.2) is 0 Å². The molecular weight excluding hydrogens is 318 g/mol. The van der Waals surface area contributed by atoms with E-state index in [1.807, 2.05) is 0 Å². The van der Waals surface area contributed by atoms with Gasteiger partial charge in [0.15, 0.2) is 0 Å². The lowest BCUT2D eigenvalue weighted by Crippen LogP contribution is -2.28. The molecule has 0 bridgehead atoms. The molecule has 0 aliphatic rings. The predicted octanol–water partition coefficient (Wildman–Crippen LogP) is 4.85. The van der Waals surface area contributed by atoms with Crippen molar-refractivity contribution in [3.05, 3.63) is 58.1 Å². The first-order chi connectivity index (χ1) is 12.6. The Kier molecular flexibility index (Phi) is 7.99. The minimum Gasteiger partial charge on any atom is -0.383 e. The van der Waals surface area contributed by atoms with Crippen molar-refractivity contribution in [1.29, 1.82) is 0 Å². The number of nitrogens with one attached hydrogen (secondary N) is 3. The van der Waals surface area contributed by atoms with Crippen LogP contribution < -0.4 is 16.0 Å². The second kappa shape index (κ2) is 10.2. The highest BCUT2D eigenvalue weighted by Gasteiger charge is 2.05. The van der Waals surface area contributed by atoms with Crippen LogP contribution in [0, 0.1) is 20.8 Å². The van der Waals surface area contributed by atoms with Crippen LogP contribution in [-0.2, 0) is 12.8 Å². The number of rotatable bonds is 10. The Bertz CT molecular complexity index is 661. The van der Waals surface area contributed by atoms with Gasteiger partial charge < -0.3 is 16.0 Å². The summed E-state index contributed by atoms with van der Waals surface area (Å²) in [6.45, 7) is 14.8. The molecule has 0 aliphatic carbocycles. The highest BCUT2D eigenvalue weighted by molar-refractivity contribution is 5.58. The second-order valence-corrected chi connectivity index (χ2v) is 7.04. The van der Waals surface area contributed by atoms with Crippen LogP contribution in [-0.4, -0.2) is 26.2 Å². The Morgan fingerprint density at radius 1 is 0.692 bits per heavy atom. The second-order valence-electron chi connectivity index (χ2n) is 7.04. The number of benzene rings is 2. The molecule has 0 amide bonds. The van der Waals surface area contributed by atoms with Crippen molar-refractivity contribution >= 4 is 11.4 Å². The maximum Gasteiger partial charge on any atom is 0.0405 e. The monoisotopic (exact) mass is 353 g/mol. The van der Waals surface area contributed by atoms with Crippen LogP contribution in [0.25, 0.3) is 0 Å². The molecule has 2 rings (SSSR count). The van der Waals surface area contributed by atoms with Gasteiger partial charge in [0.25, 0.3) is 0 Å². The maximum atomic E-state index is 3.63. The van der Waals surface area contributed by atoms with Crippen molar-refractivity contribution in [2.75, 3.05) is 36.8 Å². The molecule has 0 saturated carbocycles. The van der Waals surface area contributed by atoms with Crippen LogP contribution in [0.2, 0.25) is 0 Å². The van der Waals surface area contributed by atoms with Crippen LogP contribution in [0.3, 0.4) is 0 Å². The van der Waals surface area contributed by atoms with E-state index in [0.29, 0.717) is 0 Å². The van der Waals surface area contributed by atoms with Gasteiger partial charge in [0.2, 0.25) is 0 Å². The molecule has 0 atom stereocenters. The largest absolute Gasteiger partial charge is 0.383 e. The van der Waals surface area contributed by atoms with Crippen LogP contribution in [0.5, 0.6) is 0 Å². The summed E-state index contributed by atoms with van der Waals surface area (Å²) in [5.74, 6) is 0. The number of hydrogen-bond donors (Lipinski definition) is 3. The van der Waals surface area contributed by atoms with Crippen molar-refractivity contribution in [2.24, 2.45) is 0 Å². The Hall–Kier alpha value is -2.00. The normalized spacial score (nSPS) is 10.8. The van der Waals surface area contributed by atoms with Crippen molar-refractivity contribution in [3.63, 3.8) is 0 Å². The molecular formula is C23H35N3.